The van der Waals surface area contributed by atoms with E-state index in [0.717, 1.165) is 36.9 Å². The molecule has 3 aromatic rings. The van der Waals surface area contributed by atoms with Crippen molar-refractivity contribution in [3.05, 3.63) is 72.6 Å². The summed E-state index contributed by atoms with van der Waals surface area (Å²) in [6.45, 7) is 0. The molecule has 2 heterocycles. The van der Waals surface area contributed by atoms with Gasteiger partial charge in [0, 0.05) is 24.1 Å². The van der Waals surface area contributed by atoms with Crippen LogP contribution in [0.5, 0.6) is 0 Å². The van der Waals surface area contributed by atoms with Gasteiger partial charge in [-0.1, -0.05) is 43.5 Å². The molecule has 1 aliphatic rings. The maximum absolute atomic E-state index is 13.3. The van der Waals surface area contributed by atoms with Crippen LogP contribution >= 0.6 is 0 Å². The van der Waals surface area contributed by atoms with Gasteiger partial charge in [-0.2, -0.15) is 0 Å². The van der Waals surface area contributed by atoms with E-state index in [2.05, 4.69) is 0 Å². The summed E-state index contributed by atoms with van der Waals surface area (Å²) in [5, 5.41) is 0. The summed E-state index contributed by atoms with van der Waals surface area (Å²) < 4.78 is 1.87. The summed E-state index contributed by atoms with van der Waals surface area (Å²) in [5.41, 5.74) is 2.04. The van der Waals surface area contributed by atoms with Crippen molar-refractivity contribution in [1.82, 2.24) is 4.40 Å². The molecule has 1 saturated carbocycles. The van der Waals surface area contributed by atoms with E-state index in [-0.39, 0.29) is 6.04 Å². The topological polar surface area (TPSA) is 41.8 Å². The van der Waals surface area contributed by atoms with Crippen LogP contribution in [0.2, 0.25) is 0 Å². The zero-order chi connectivity index (χ0) is 17.9. The van der Waals surface area contributed by atoms with Gasteiger partial charge < -0.3 is 9.30 Å². The van der Waals surface area contributed by atoms with Crippen molar-refractivity contribution in [3.8, 4) is 0 Å². The molecule has 1 aromatic carbocycles. The molecule has 0 atom stereocenters. The third kappa shape index (κ3) is 3.03. The van der Waals surface area contributed by atoms with Crippen LogP contribution in [0, 0.1) is 0 Å². The molecule has 4 nitrogen and oxygen atoms in total. The number of amides is 1. The smallest absolute Gasteiger partial charge is 0.299 e. The number of carbonyl (C=O) groups excluding carboxylic acids is 2. The molecule has 0 aliphatic heterocycles. The van der Waals surface area contributed by atoms with Crippen molar-refractivity contribution >= 4 is 22.9 Å². The molecule has 132 valence electrons. The van der Waals surface area contributed by atoms with E-state index in [1.807, 2.05) is 65.3 Å². The molecule has 1 fully saturated rings. The predicted octanol–water partition coefficient (Wildman–Crippen LogP) is 4.49. The Bertz CT molecular complexity index is 923. The minimum absolute atomic E-state index is 0.0940. The lowest BCUT2D eigenvalue weighted by molar-refractivity contribution is -0.115. The van der Waals surface area contributed by atoms with E-state index < -0.39 is 11.7 Å². The Morgan fingerprint density at radius 2 is 1.58 bits per heavy atom. The lowest BCUT2D eigenvalue weighted by Crippen LogP contribution is -2.45. The third-order valence-corrected chi connectivity index (χ3v) is 5.20. The second kappa shape index (κ2) is 7.16. The Hall–Kier alpha value is -2.88. The number of nitrogens with zero attached hydrogens (tertiary/aromatic N) is 2. The highest BCUT2D eigenvalue weighted by Gasteiger charge is 2.32. The number of hydrogen-bond donors (Lipinski definition) is 0. The van der Waals surface area contributed by atoms with E-state index in [0.29, 0.717) is 5.56 Å². The number of para-hydroxylation sites is 1. The zero-order valence-electron chi connectivity index (χ0n) is 14.7. The molecule has 4 heteroatoms. The lowest BCUT2D eigenvalue weighted by Gasteiger charge is -2.34. The van der Waals surface area contributed by atoms with E-state index in [1.165, 1.54) is 6.42 Å². The average Bonchev–Trinajstić information content (AvgIpc) is 3.13. The van der Waals surface area contributed by atoms with Crippen molar-refractivity contribution < 1.29 is 9.59 Å². The Kier molecular flexibility index (Phi) is 4.57. The van der Waals surface area contributed by atoms with E-state index in [4.69, 9.17) is 0 Å². The molecule has 1 aliphatic carbocycles. The number of carbonyl (C=O) groups is 2. The summed E-state index contributed by atoms with van der Waals surface area (Å²) in [5.74, 6) is -0.867. The van der Waals surface area contributed by atoms with Gasteiger partial charge in [0.05, 0.1) is 11.1 Å². The summed E-state index contributed by atoms with van der Waals surface area (Å²) >= 11 is 0. The van der Waals surface area contributed by atoms with Crippen molar-refractivity contribution in [2.45, 2.75) is 38.1 Å². The van der Waals surface area contributed by atoms with Gasteiger partial charge >= 0.3 is 0 Å². The Morgan fingerprint density at radius 3 is 2.35 bits per heavy atom. The third-order valence-electron chi connectivity index (χ3n) is 5.20. The lowest BCUT2D eigenvalue weighted by atomic mass is 9.93. The SMILES string of the molecule is O=C(C(=O)N(c1ccccc1)C1CCCCC1)c1ccn2ccccc12. The first kappa shape index (κ1) is 16.6. The fourth-order valence-electron chi connectivity index (χ4n) is 3.89. The predicted molar refractivity (Wildman–Crippen MR) is 103 cm³/mol. The fraction of sp³-hybridized carbons (Fsp3) is 0.273. The first-order chi connectivity index (χ1) is 12.8. The molecule has 1 amide bonds. The van der Waals surface area contributed by atoms with Crippen molar-refractivity contribution in [3.63, 3.8) is 0 Å². The Morgan fingerprint density at radius 1 is 0.846 bits per heavy atom. The number of rotatable bonds is 4. The largest absolute Gasteiger partial charge is 0.323 e. The van der Waals surface area contributed by atoms with Crippen LogP contribution in [-0.2, 0) is 4.79 Å². The quantitative estimate of drug-likeness (QED) is 0.516. The monoisotopic (exact) mass is 346 g/mol. The normalized spacial score (nSPS) is 15.1. The molecule has 0 bridgehead atoms. The summed E-state index contributed by atoms with van der Waals surface area (Å²) in [6.07, 6.45) is 9.01. The van der Waals surface area contributed by atoms with Gasteiger partial charge in [-0.05, 0) is 43.2 Å². The molecule has 0 unspecified atom stereocenters. The van der Waals surface area contributed by atoms with Gasteiger partial charge in [0.2, 0.25) is 0 Å². The van der Waals surface area contributed by atoms with E-state index >= 15 is 0 Å². The van der Waals surface area contributed by atoms with Crippen LogP contribution in [0.1, 0.15) is 42.5 Å². The number of hydrogen-bond acceptors (Lipinski definition) is 2. The summed E-state index contributed by atoms with van der Waals surface area (Å²) in [7, 11) is 0. The second-order valence-electron chi connectivity index (χ2n) is 6.85. The number of Topliss-reactive ketones (excluding diaryl/α,β-unsaturated/α-hetero) is 1. The van der Waals surface area contributed by atoms with Crippen LogP contribution in [-0.4, -0.2) is 22.1 Å². The summed E-state index contributed by atoms with van der Waals surface area (Å²) in [6, 6.07) is 17.1. The van der Waals surface area contributed by atoms with Crippen LogP contribution in [0.4, 0.5) is 5.69 Å². The number of fused-ring (bicyclic) bond motifs is 1. The number of ketones is 1. The van der Waals surface area contributed by atoms with E-state index in [1.54, 1.807) is 11.0 Å². The van der Waals surface area contributed by atoms with Crippen molar-refractivity contribution in [2.24, 2.45) is 0 Å². The highest BCUT2D eigenvalue weighted by molar-refractivity contribution is 6.48. The minimum atomic E-state index is -0.437. The van der Waals surface area contributed by atoms with Gasteiger partial charge in [-0.25, -0.2) is 0 Å². The molecular formula is C22H22N2O2. The number of pyridine rings is 1. The van der Waals surface area contributed by atoms with Gasteiger partial charge in [-0.15, -0.1) is 0 Å². The van der Waals surface area contributed by atoms with Crippen molar-refractivity contribution in [2.75, 3.05) is 4.90 Å². The van der Waals surface area contributed by atoms with Crippen molar-refractivity contribution in [1.29, 1.82) is 0 Å². The molecule has 0 radical (unpaired) electrons. The maximum Gasteiger partial charge on any atom is 0.299 e. The minimum Gasteiger partial charge on any atom is -0.323 e. The van der Waals surface area contributed by atoms with Crippen LogP contribution in [0.15, 0.2) is 67.0 Å². The first-order valence-electron chi connectivity index (χ1n) is 9.24. The average molecular weight is 346 g/mol. The fourth-order valence-corrected chi connectivity index (χ4v) is 3.89. The molecular weight excluding hydrogens is 324 g/mol. The molecule has 4 rings (SSSR count). The van der Waals surface area contributed by atoms with Crippen LogP contribution in [0.25, 0.3) is 5.52 Å². The Balaban J connectivity index is 1.70. The van der Waals surface area contributed by atoms with Gasteiger partial charge in [0.1, 0.15) is 0 Å². The Labute approximate surface area is 153 Å². The summed E-state index contributed by atoms with van der Waals surface area (Å²) in [4.78, 5) is 28.1. The van der Waals surface area contributed by atoms with Gasteiger partial charge in [0.15, 0.2) is 0 Å². The van der Waals surface area contributed by atoms with Crippen LogP contribution < -0.4 is 4.90 Å². The zero-order valence-corrected chi connectivity index (χ0v) is 14.7. The molecule has 0 spiro atoms. The highest BCUT2D eigenvalue weighted by Crippen LogP contribution is 2.28. The number of anilines is 1. The maximum atomic E-state index is 13.3. The van der Waals surface area contributed by atoms with Crippen LogP contribution in [0.3, 0.4) is 0 Å². The molecule has 0 N–H and O–H groups in total. The highest BCUT2D eigenvalue weighted by atomic mass is 16.2. The van der Waals surface area contributed by atoms with Gasteiger partial charge in [-0.3, -0.25) is 9.59 Å². The number of benzene rings is 1. The molecule has 0 saturated heterocycles. The van der Waals surface area contributed by atoms with E-state index in [9.17, 15) is 9.59 Å². The second-order valence-corrected chi connectivity index (χ2v) is 6.85. The first-order valence-corrected chi connectivity index (χ1v) is 9.24. The standard InChI is InChI=1S/C22H22N2O2/c25-21(19-14-16-23-15-8-7-13-20(19)23)22(26)24(17-9-3-1-4-10-17)18-11-5-2-6-12-18/h1,3-4,7-10,13-16,18H,2,5-6,11-12H2. The molecule has 26 heavy (non-hydrogen) atoms. The van der Waals surface area contributed by atoms with Gasteiger partial charge in [0.25, 0.3) is 11.7 Å². The molecule has 2 aromatic heterocycles. The number of aromatic nitrogens is 1.